The normalized spacial score (nSPS) is 24.4. The molecule has 0 radical (unpaired) electrons. The maximum atomic E-state index is 13.5. The molecule has 0 unspecified atom stereocenters. The van der Waals surface area contributed by atoms with Crippen molar-refractivity contribution in [1.29, 1.82) is 0 Å². The van der Waals surface area contributed by atoms with Crippen LogP contribution < -0.4 is 0 Å². The van der Waals surface area contributed by atoms with Crippen molar-refractivity contribution in [2.45, 2.75) is 36.6 Å². The van der Waals surface area contributed by atoms with Crippen LogP contribution in [0.3, 0.4) is 0 Å². The number of rotatable bonds is 4. The second-order valence-electron chi connectivity index (χ2n) is 7.35. The summed E-state index contributed by atoms with van der Waals surface area (Å²) in [6.07, 6.45) is 6.48. The molecule has 0 spiro atoms. The van der Waals surface area contributed by atoms with Gasteiger partial charge in [0.25, 0.3) is 0 Å². The fraction of sp³-hybridized carbons (Fsp3) is 0.318. The molecule has 146 valence electrons. The molecule has 6 heteroatoms. The van der Waals surface area contributed by atoms with Crippen LogP contribution in [0, 0.1) is 0 Å². The van der Waals surface area contributed by atoms with Crippen molar-refractivity contribution in [2.24, 2.45) is 0 Å². The van der Waals surface area contributed by atoms with Gasteiger partial charge in [0.15, 0.2) is 5.72 Å². The molecule has 2 aliphatic heterocycles. The van der Waals surface area contributed by atoms with Crippen LogP contribution in [0.5, 0.6) is 0 Å². The molecule has 0 amide bonds. The summed E-state index contributed by atoms with van der Waals surface area (Å²) in [6.45, 7) is 0. The van der Waals surface area contributed by atoms with Crippen LogP contribution in [0.15, 0.2) is 60.7 Å². The monoisotopic (exact) mass is 417 g/mol. The van der Waals surface area contributed by atoms with Crippen LogP contribution in [0.2, 0.25) is 10.0 Å². The Morgan fingerprint density at radius 3 is 2.29 bits per heavy atom. The molecule has 0 aliphatic carbocycles. The average molecular weight is 418 g/mol. The number of esters is 1. The number of nitrogens with zero attached hydrogens (tertiary/aromatic N) is 1. The maximum absolute atomic E-state index is 13.5. The van der Waals surface area contributed by atoms with E-state index in [0.717, 1.165) is 12.8 Å². The number of fused-ring (bicyclic) bond motifs is 2. The van der Waals surface area contributed by atoms with E-state index in [1.54, 1.807) is 48.5 Å². The summed E-state index contributed by atoms with van der Waals surface area (Å²) in [5.41, 5.74) is -2.52. The molecule has 1 fully saturated rings. The Morgan fingerprint density at radius 1 is 1.14 bits per heavy atom. The number of ether oxygens (including phenoxy) is 1. The maximum Gasteiger partial charge on any atom is 0.349 e. The summed E-state index contributed by atoms with van der Waals surface area (Å²) in [4.78, 5) is 15.6. The highest BCUT2D eigenvalue weighted by molar-refractivity contribution is 6.33. The highest BCUT2D eigenvalue weighted by Gasteiger charge is 2.52. The minimum Gasteiger partial charge on any atom is -0.437 e. The quantitative estimate of drug-likeness (QED) is 0.586. The molecule has 0 saturated carbocycles. The zero-order valence-corrected chi connectivity index (χ0v) is 17.0. The number of hydrogen-bond donors (Lipinski definition) is 1. The fourth-order valence-electron chi connectivity index (χ4n) is 4.20. The Bertz CT molecular complexity index is 899. The third kappa shape index (κ3) is 2.96. The van der Waals surface area contributed by atoms with Gasteiger partial charge in [-0.1, -0.05) is 65.7 Å². The second kappa shape index (κ2) is 7.20. The predicted molar refractivity (Wildman–Crippen MR) is 109 cm³/mol. The van der Waals surface area contributed by atoms with Gasteiger partial charge in [-0.25, -0.2) is 4.79 Å². The molecule has 2 atom stereocenters. The van der Waals surface area contributed by atoms with Gasteiger partial charge in [-0.3, -0.25) is 4.90 Å². The standard InChI is InChI=1S/C22H21Cl2NO3/c1-25-15-7-6-13-21(25,14-12-15)28-20(26)22(27,16-8-2-4-10-18(16)23)17-9-3-5-11-19(17)24/h2-6,8-11,13,15,27H,7,12,14H2,1H3/t15-,21-/m1/s1. The number of benzene rings is 2. The summed E-state index contributed by atoms with van der Waals surface area (Å²) in [7, 11) is 1.94. The lowest BCUT2D eigenvalue weighted by molar-refractivity contribution is -0.187. The Balaban J connectivity index is 1.82. The van der Waals surface area contributed by atoms with Crippen molar-refractivity contribution in [2.75, 3.05) is 7.05 Å². The van der Waals surface area contributed by atoms with Crippen molar-refractivity contribution in [3.8, 4) is 0 Å². The highest BCUT2D eigenvalue weighted by Crippen LogP contribution is 2.44. The van der Waals surface area contributed by atoms with Crippen LogP contribution in [0.1, 0.15) is 30.4 Å². The lowest BCUT2D eigenvalue weighted by Crippen LogP contribution is -2.52. The van der Waals surface area contributed by atoms with Gasteiger partial charge in [-0.05, 0) is 38.1 Å². The number of likely N-dealkylation sites (N-methyl/N-ethyl adjacent to an activating group) is 1. The van der Waals surface area contributed by atoms with E-state index in [0.29, 0.717) is 12.5 Å². The average Bonchev–Trinajstić information content (AvgIpc) is 2.85. The summed E-state index contributed by atoms with van der Waals surface area (Å²) in [5, 5.41) is 12.3. The van der Waals surface area contributed by atoms with Gasteiger partial charge >= 0.3 is 5.97 Å². The van der Waals surface area contributed by atoms with E-state index >= 15 is 0 Å². The first-order valence-electron chi connectivity index (χ1n) is 9.25. The third-order valence-electron chi connectivity index (χ3n) is 5.86. The van der Waals surface area contributed by atoms with Crippen LogP contribution >= 0.6 is 23.2 Å². The predicted octanol–water partition coefficient (Wildman–Crippen LogP) is 4.52. The lowest BCUT2D eigenvalue weighted by Gasteiger charge is -2.40. The molecule has 2 aromatic carbocycles. The summed E-state index contributed by atoms with van der Waals surface area (Å²) >= 11 is 12.7. The molecule has 2 bridgehead atoms. The van der Waals surface area contributed by atoms with Gasteiger partial charge in [0.2, 0.25) is 5.60 Å². The SMILES string of the molecule is CN1[C@@H]2CC=C[C@@]1(OC(=O)C(O)(c1ccccc1Cl)c1ccccc1Cl)CC2. The van der Waals surface area contributed by atoms with Crippen molar-refractivity contribution in [3.63, 3.8) is 0 Å². The van der Waals surface area contributed by atoms with Gasteiger partial charge in [0, 0.05) is 33.6 Å². The first-order chi connectivity index (χ1) is 13.4. The number of halogens is 2. The van der Waals surface area contributed by atoms with Gasteiger partial charge in [-0.15, -0.1) is 0 Å². The van der Waals surface area contributed by atoms with Crippen molar-refractivity contribution >= 4 is 29.2 Å². The Kier molecular flexibility index (Phi) is 5.00. The molecule has 2 aliphatic rings. The van der Waals surface area contributed by atoms with Crippen LogP contribution in [0.4, 0.5) is 0 Å². The van der Waals surface area contributed by atoms with Crippen LogP contribution in [-0.2, 0) is 15.1 Å². The Labute approximate surface area is 174 Å². The molecule has 2 aromatic rings. The Hall–Kier alpha value is -1.85. The van der Waals surface area contributed by atoms with Crippen molar-refractivity contribution in [1.82, 2.24) is 4.90 Å². The topological polar surface area (TPSA) is 49.8 Å². The van der Waals surface area contributed by atoms with E-state index in [1.165, 1.54) is 0 Å². The van der Waals surface area contributed by atoms with E-state index < -0.39 is 17.3 Å². The summed E-state index contributed by atoms with van der Waals surface area (Å²) in [5.74, 6) is -0.798. The van der Waals surface area contributed by atoms with Gasteiger partial charge in [-0.2, -0.15) is 0 Å². The van der Waals surface area contributed by atoms with Crippen molar-refractivity contribution in [3.05, 3.63) is 81.9 Å². The minimum absolute atomic E-state index is 0.239. The largest absolute Gasteiger partial charge is 0.437 e. The Morgan fingerprint density at radius 2 is 1.71 bits per heavy atom. The van der Waals surface area contributed by atoms with E-state index in [1.807, 2.05) is 19.2 Å². The third-order valence-corrected chi connectivity index (χ3v) is 6.52. The fourth-order valence-corrected chi connectivity index (χ4v) is 4.75. The number of carbonyl (C=O) groups excluding carboxylic acids is 1. The van der Waals surface area contributed by atoms with E-state index in [4.69, 9.17) is 27.9 Å². The first-order valence-corrected chi connectivity index (χ1v) is 10.0. The van der Waals surface area contributed by atoms with E-state index in [2.05, 4.69) is 4.90 Å². The van der Waals surface area contributed by atoms with Crippen LogP contribution in [0.25, 0.3) is 0 Å². The van der Waals surface area contributed by atoms with E-state index in [-0.39, 0.29) is 21.2 Å². The molecule has 2 heterocycles. The molecule has 4 nitrogen and oxygen atoms in total. The van der Waals surface area contributed by atoms with Crippen molar-refractivity contribution < 1.29 is 14.6 Å². The second-order valence-corrected chi connectivity index (χ2v) is 8.16. The minimum atomic E-state index is -2.13. The molecule has 28 heavy (non-hydrogen) atoms. The molecule has 0 aromatic heterocycles. The zero-order valence-electron chi connectivity index (χ0n) is 15.4. The number of hydrogen-bond acceptors (Lipinski definition) is 4. The number of carbonyl (C=O) groups is 1. The van der Waals surface area contributed by atoms with E-state index in [9.17, 15) is 9.90 Å². The molecule has 1 saturated heterocycles. The summed E-state index contributed by atoms with van der Waals surface area (Å²) in [6, 6.07) is 13.7. The lowest BCUT2D eigenvalue weighted by atomic mass is 9.86. The molecular weight excluding hydrogens is 397 g/mol. The van der Waals surface area contributed by atoms with Crippen LogP contribution in [-0.4, -0.2) is 34.8 Å². The van der Waals surface area contributed by atoms with Gasteiger partial charge in [0.1, 0.15) is 0 Å². The van der Waals surface area contributed by atoms with Gasteiger partial charge in [0.05, 0.1) is 0 Å². The summed E-state index contributed by atoms with van der Waals surface area (Å²) < 4.78 is 6.00. The first kappa shape index (κ1) is 19.5. The zero-order chi connectivity index (χ0) is 19.9. The smallest absolute Gasteiger partial charge is 0.349 e. The van der Waals surface area contributed by atoms with Gasteiger partial charge < -0.3 is 9.84 Å². The highest BCUT2D eigenvalue weighted by atomic mass is 35.5. The molecular formula is C22H21Cl2NO3. The molecule has 1 N–H and O–H groups in total. The number of aliphatic hydroxyl groups is 1. The molecule has 4 rings (SSSR count).